The van der Waals surface area contributed by atoms with Crippen molar-refractivity contribution in [2.45, 2.75) is 13.8 Å². The van der Waals surface area contributed by atoms with Gasteiger partial charge in [0.05, 0.1) is 12.8 Å². The number of ether oxygens (including phenoxy) is 1. The van der Waals surface area contributed by atoms with Crippen LogP contribution in [0.1, 0.15) is 18.1 Å². The van der Waals surface area contributed by atoms with Crippen LogP contribution in [-0.4, -0.2) is 19.0 Å². The zero-order valence-corrected chi connectivity index (χ0v) is 10.4. The van der Waals surface area contributed by atoms with E-state index in [1.807, 2.05) is 0 Å². The maximum absolute atomic E-state index is 13.9. The van der Waals surface area contributed by atoms with E-state index in [9.17, 15) is 14.0 Å². The molecule has 0 aliphatic heterocycles. The highest BCUT2D eigenvalue weighted by Crippen LogP contribution is 2.24. The van der Waals surface area contributed by atoms with Gasteiger partial charge in [0.1, 0.15) is 5.82 Å². The molecule has 0 bridgehead atoms. The summed E-state index contributed by atoms with van der Waals surface area (Å²) in [6, 6.07) is 3.18. The van der Waals surface area contributed by atoms with E-state index in [1.165, 1.54) is 20.1 Å². The highest BCUT2D eigenvalue weighted by atomic mass is 19.1. The molecule has 18 heavy (non-hydrogen) atoms. The molecule has 96 valence electrons. The molecule has 0 saturated heterocycles. The molecule has 0 aliphatic carbocycles. The minimum Gasteiger partial charge on any atom is -0.466 e. The van der Waals surface area contributed by atoms with Crippen molar-refractivity contribution < 1.29 is 18.7 Å². The fourth-order valence-electron chi connectivity index (χ4n) is 1.36. The summed E-state index contributed by atoms with van der Waals surface area (Å²) in [5.41, 5.74) is 0.871. The van der Waals surface area contributed by atoms with Crippen LogP contribution in [0.4, 0.5) is 10.1 Å². The van der Waals surface area contributed by atoms with Gasteiger partial charge in [0, 0.05) is 18.6 Å². The SMILES string of the molecule is COC(=O)C=Cc1ccc(C)c(F)c1NC(C)=O. The molecule has 4 nitrogen and oxygen atoms in total. The van der Waals surface area contributed by atoms with Crippen LogP contribution < -0.4 is 5.32 Å². The van der Waals surface area contributed by atoms with Gasteiger partial charge < -0.3 is 10.1 Å². The molecular weight excluding hydrogens is 237 g/mol. The number of hydrogen-bond donors (Lipinski definition) is 1. The van der Waals surface area contributed by atoms with Crippen molar-refractivity contribution in [3.05, 3.63) is 35.2 Å². The number of carbonyl (C=O) groups is 2. The summed E-state index contributed by atoms with van der Waals surface area (Å²) >= 11 is 0. The third-order valence-electron chi connectivity index (χ3n) is 2.27. The van der Waals surface area contributed by atoms with Crippen molar-refractivity contribution in [2.24, 2.45) is 0 Å². The van der Waals surface area contributed by atoms with Crippen molar-refractivity contribution in [1.29, 1.82) is 0 Å². The molecule has 1 aromatic carbocycles. The number of anilines is 1. The molecule has 0 aliphatic rings. The third-order valence-corrected chi connectivity index (χ3v) is 2.27. The Morgan fingerprint density at radius 2 is 2.06 bits per heavy atom. The van der Waals surface area contributed by atoms with Crippen LogP contribution in [0.25, 0.3) is 6.08 Å². The van der Waals surface area contributed by atoms with Crippen molar-refractivity contribution in [2.75, 3.05) is 12.4 Å². The second kappa shape index (κ2) is 5.95. The number of nitrogens with one attached hydrogen (secondary N) is 1. The number of benzene rings is 1. The Morgan fingerprint density at radius 3 is 2.61 bits per heavy atom. The Labute approximate surface area is 104 Å². The average Bonchev–Trinajstić information content (AvgIpc) is 2.33. The van der Waals surface area contributed by atoms with Gasteiger partial charge in [-0.05, 0) is 18.6 Å². The number of rotatable bonds is 3. The van der Waals surface area contributed by atoms with Crippen molar-refractivity contribution >= 4 is 23.6 Å². The van der Waals surface area contributed by atoms with Gasteiger partial charge in [0.15, 0.2) is 0 Å². The number of carbonyl (C=O) groups excluding carboxylic acids is 2. The fraction of sp³-hybridized carbons (Fsp3) is 0.231. The molecule has 0 saturated carbocycles. The van der Waals surface area contributed by atoms with Gasteiger partial charge in [0.25, 0.3) is 0 Å². The first-order chi connectivity index (χ1) is 8.45. The van der Waals surface area contributed by atoms with Crippen LogP contribution in [-0.2, 0) is 14.3 Å². The highest BCUT2D eigenvalue weighted by molar-refractivity contribution is 5.93. The maximum Gasteiger partial charge on any atom is 0.330 e. The fourth-order valence-corrected chi connectivity index (χ4v) is 1.36. The van der Waals surface area contributed by atoms with Crippen molar-refractivity contribution in [3.8, 4) is 0 Å². The maximum atomic E-state index is 13.9. The van der Waals surface area contributed by atoms with Gasteiger partial charge in [-0.25, -0.2) is 9.18 Å². The molecule has 0 atom stereocenters. The van der Waals surface area contributed by atoms with Crippen molar-refractivity contribution in [3.63, 3.8) is 0 Å². The Kier molecular flexibility index (Phi) is 4.59. The minimum absolute atomic E-state index is 0.0580. The lowest BCUT2D eigenvalue weighted by molar-refractivity contribution is -0.134. The van der Waals surface area contributed by atoms with Gasteiger partial charge >= 0.3 is 5.97 Å². The number of methoxy groups -OCH3 is 1. The summed E-state index contributed by atoms with van der Waals surface area (Å²) in [4.78, 5) is 22.0. The molecule has 1 rings (SSSR count). The zero-order valence-electron chi connectivity index (χ0n) is 10.4. The van der Waals surface area contributed by atoms with Crippen molar-refractivity contribution in [1.82, 2.24) is 0 Å². The molecule has 0 spiro atoms. The first-order valence-electron chi connectivity index (χ1n) is 5.28. The molecule has 1 aromatic rings. The van der Waals surface area contributed by atoms with E-state index in [4.69, 9.17) is 0 Å². The van der Waals surface area contributed by atoms with Gasteiger partial charge in [-0.15, -0.1) is 0 Å². The van der Waals surface area contributed by atoms with E-state index in [2.05, 4.69) is 10.1 Å². The number of aryl methyl sites for hydroxylation is 1. The minimum atomic E-state index is -0.551. The second-order valence-electron chi connectivity index (χ2n) is 3.70. The van der Waals surface area contributed by atoms with Crippen LogP contribution >= 0.6 is 0 Å². The first-order valence-corrected chi connectivity index (χ1v) is 5.28. The number of esters is 1. The number of halogens is 1. The van der Waals surface area contributed by atoms with Crippen LogP contribution in [0.5, 0.6) is 0 Å². The summed E-state index contributed by atoms with van der Waals surface area (Å²) in [7, 11) is 1.25. The van der Waals surface area contributed by atoms with E-state index in [-0.39, 0.29) is 11.6 Å². The summed E-state index contributed by atoms with van der Waals surface area (Å²) in [5.74, 6) is -1.45. The Balaban J connectivity index is 3.18. The van der Waals surface area contributed by atoms with Gasteiger partial charge in [0.2, 0.25) is 5.91 Å². The van der Waals surface area contributed by atoms with Crippen LogP contribution in [0, 0.1) is 12.7 Å². The smallest absolute Gasteiger partial charge is 0.330 e. The van der Waals surface area contributed by atoms with Gasteiger partial charge in [-0.2, -0.15) is 0 Å². The summed E-state index contributed by atoms with van der Waals surface area (Å²) in [6.45, 7) is 2.88. The van der Waals surface area contributed by atoms with Crippen LogP contribution in [0.15, 0.2) is 18.2 Å². The van der Waals surface area contributed by atoms with Gasteiger partial charge in [-0.3, -0.25) is 4.79 Å². The van der Waals surface area contributed by atoms with Gasteiger partial charge in [-0.1, -0.05) is 12.1 Å². The van der Waals surface area contributed by atoms with E-state index >= 15 is 0 Å². The first kappa shape index (κ1) is 13.9. The lowest BCUT2D eigenvalue weighted by atomic mass is 10.1. The molecular formula is C13H14FNO3. The van der Waals surface area contributed by atoms with E-state index in [0.29, 0.717) is 11.1 Å². The largest absolute Gasteiger partial charge is 0.466 e. The molecule has 1 amide bonds. The third kappa shape index (κ3) is 3.41. The highest BCUT2D eigenvalue weighted by Gasteiger charge is 2.11. The summed E-state index contributed by atoms with van der Waals surface area (Å²) in [5, 5.41) is 2.41. The summed E-state index contributed by atoms with van der Waals surface area (Å²) in [6.07, 6.45) is 2.55. The Hall–Kier alpha value is -2.17. The second-order valence-corrected chi connectivity index (χ2v) is 3.70. The lowest BCUT2D eigenvalue weighted by Crippen LogP contribution is -2.10. The molecule has 0 fully saturated rings. The lowest BCUT2D eigenvalue weighted by Gasteiger charge is -2.10. The molecule has 0 aromatic heterocycles. The summed E-state index contributed by atoms with van der Waals surface area (Å²) < 4.78 is 18.3. The molecule has 1 N–H and O–H groups in total. The van der Waals surface area contributed by atoms with Crippen LogP contribution in [0.2, 0.25) is 0 Å². The quantitative estimate of drug-likeness (QED) is 0.662. The molecule has 0 radical (unpaired) electrons. The number of amides is 1. The van der Waals surface area contributed by atoms with E-state index in [1.54, 1.807) is 19.1 Å². The Morgan fingerprint density at radius 1 is 1.39 bits per heavy atom. The monoisotopic (exact) mass is 251 g/mol. The normalized spacial score (nSPS) is 10.4. The number of hydrogen-bond acceptors (Lipinski definition) is 3. The predicted molar refractivity (Wildman–Crippen MR) is 66.5 cm³/mol. The topological polar surface area (TPSA) is 55.4 Å². The Bertz CT molecular complexity index is 509. The molecule has 0 unspecified atom stereocenters. The average molecular weight is 251 g/mol. The molecule has 5 heteroatoms. The standard InChI is InChI=1S/C13H14FNO3/c1-8-4-5-10(6-7-11(17)18-3)13(12(8)14)15-9(2)16/h4-7H,1-3H3,(H,15,16). The van der Waals surface area contributed by atoms with E-state index < -0.39 is 11.8 Å². The van der Waals surface area contributed by atoms with Crippen LogP contribution in [0.3, 0.4) is 0 Å². The van der Waals surface area contributed by atoms with E-state index in [0.717, 1.165) is 6.08 Å². The zero-order chi connectivity index (χ0) is 13.7. The predicted octanol–water partition coefficient (Wildman–Crippen LogP) is 2.28. The molecule has 0 heterocycles.